The Morgan fingerprint density at radius 1 is 1.03 bits per heavy atom. The molecule has 1 aliphatic rings. The van der Waals surface area contributed by atoms with Crippen molar-refractivity contribution in [3.8, 4) is 6.07 Å². The van der Waals surface area contributed by atoms with Gasteiger partial charge in [-0.15, -0.1) is 0 Å². The maximum absolute atomic E-state index is 12.7. The molecule has 29 heavy (non-hydrogen) atoms. The molecule has 148 valence electrons. The van der Waals surface area contributed by atoms with Gasteiger partial charge in [-0.25, -0.2) is 0 Å². The van der Waals surface area contributed by atoms with E-state index in [0.717, 1.165) is 16.7 Å². The summed E-state index contributed by atoms with van der Waals surface area (Å²) in [6, 6.07) is 13.4. The Morgan fingerprint density at radius 3 is 2.31 bits per heavy atom. The van der Waals surface area contributed by atoms with E-state index in [4.69, 9.17) is 4.28 Å². The molecule has 5 nitrogen and oxygen atoms in total. The minimum Gasteiger partial charge on any atom is -0.264 e. The van der Waals surface area contributed by atoms with Gasteiger partial charge in [0.15, 0.2) is 0 Å². The number of benzene rings is 2. The van der Waals surface area contributed by atoms with E-state index in [1.807, 2.05) is 38.1 Å². The number of aryl methyl sites for hydroxylation is 4. The predicted octanol–water partition coefficient (Wildman–Crippen LogP) is 5.18. The van der Waals surface area contributed by atoms with Crippen LogP contribution in [0.2, 0.25) is 0 Å². The van der Waals surface area contributed by atoms with Gasteiger partial charge < -0.3 is 0 Å². The molecule has 0 spiro atoms. The average Bonchev–Trinajstić information content (AvgIpc) is 3.10. The van der Waals surface area contributed by atoms with E-state index in [1.165, 1.54) is 11.8 Å². The number of nitrogens with zero attached hydrogens (tertiary/aromatic N) is 2. The van der Waals surface area contributed by atoms with E-state index in [-0.39, 0.29) is 4.90 Å². The fourth-order valence-corrected chi connectivity index (χ4v) is 5.33. The summed E-state index contributed by atoms with van der Waals surface area (Å²) in [7, 11) is -4.04. The van der Waals surface area contributed by atoms with Crippen molar-refractivity contribution in [2.24, 2.45) is 5.16 Å². The molecule has 1 heterocycles. The lowest BCUT2D eigenvalue weighted by molar-refractivity contribution is 0.340. The summed E-state index contributed by atoms with van der Waals surface area (Å²) in [5, 5.41) is 13.8. The molecule has 0 saturated heterocycles. The van der Waals surface area contributed by atoms with Gasteiger partial charge in [0.05, 0.1) is 5.57 Å². The van der Waals surface area contributed by atoms with Gasteiger partial charge in [0.2, 0.25) is 0 Å². The lowest BCUT2D eigenvalue weighted by Crippen LogP contribution is -2.08. The van der Waals surface area contributed by atoms with Crippen molar-refractivity contribution in [1.29, 1.82) is 5.26 Å². The van der Waals surface area contributed by atoms with Gasteiger partial charge in [0, 0.05) is 4.91 Å². The zero-order valence-electron chi connectivity index (χ0n) is 16.6. The van der Waals surface area contributed by atoms with E-state index >= 15 is 0 Å². The molecule has 0 aromatic heterocycles. The molecule has 0 atom stereocenters. The minimum atomic E-state index is -4.04. The lowest BCUT2D eigenvalue weighted by atomic mass is 10.0. The summed E-state index contributed by atoms with van der Waals surface area (Å²) in [6.45, 7) is 7.31. The maximum Gasteiger partial charge on any atom is 0.359 e. The Kier molecular flexibility index (Phi) is 5.96. The largest absolute Gasteiger partial charge is 0.359 e. The van der Waals surface area contributed by atoms with Crippen LogP contribution in [0.4, 0.5) is 0 Å². The van der Waals surface area contributed by atoms with Crippen LogP contribution >= 0.6 is 11.8 Å². The van der Waals surface area contributed by atoms with Crippen LogP contribution in [0.25, 0.3) is 5.57 Å². The van der Waals surface area contributed by atoms with Crippen LogP contribution < -0.4 is 0 Å². The molecule has 2 aromatic rings. The van der Waals surface area contributed by atoms with Gasteiger partial charge in [0.25, 0.3) is 0 Å². The number of oxime groups is 1. The Labute approximate surface area is 175 Å². The van der Waals surface area contributed by atoms with Crippen molar-refractivity contribution in [2.45, 2.75) is 32.6 Å². The van der Waals surface area contributed by atoms with Gasteiger partial charge in [-0.3, -0.25) is 4.28 Å². The Morgan fingerprint density at radius 2 is 1.69 bits per heavy atom. The maximum atomic E-state index is 12.7. The summed E-state index contributed by atoms with van der Waals surface area (Å²) < 4.78 is 30.3. The summed E-state index contributed by atoms with van der Waals surface area (Å²) in [5.74, 6) is 0. The number of hydrogen-bond acceptors (Lipinski definition) is 6. The first-order chi connectivity index (χ1) is 13.7. The Balaban J connectivity index is 1.87. The smallest absolute Gasteiger partial charge is 0.264 e. The third-order valence-electron chi connectivity index (χ3n) is 4.44. The van der Waals surface area contributed by atoms with Crippen molar-refractivity contribution in [3.05, 3.63) is 81.3 Å². The number of allylic oxidation sites excluding steroid dienone is 2. The van der Waals surface area contributed by atoms with Crippen LogP contribution in [0, 0.1) is 39.0 Å². The zero-order chi connectivity index (χ0) is 21.2. The molecule has 3 rings (SSSR count). The van der Waals surface area contributed by atoms with E-state index in [2.05, 4.69) is 11.2 Å². The van der Waals surface area contributed by atoms with Crippen molar-refractivity contribution in [2.75, 3.05) is 0 Å². The second kappa shape index (κ2) is 8.27. The van der Waals surface area contributed by atoms with Crippen molar-refractivity contribution < 1.29 is 12.7 Å². The molecular weight excluding hydrogens is 404 g/mol. The third kappa shape index (κ3) is 4.44. The number of rotatable bonds is 4. The van der Waals surface area contributed by atoms with E-state index < -0.39 is 10.1 Å². The molecular formula is C22H20N2O3S2. The molecule has 0 aliphatic carbocycles. The van der Waals surface area contributed by atoms with Crippen LogP contribution in [-0.2, 0) is 14.4 Å². The zero-order valence-corrected chi connectivity index (χ0v) is 18.2. The fraction of sp³-hybridized carbons (Fsp3) is 0.182. The number of hydrogen-bond donors (Lipinski definition) is 0. The molecule has 0 amide bonds. The number of nitriles is 1. The Hall–Kier alpha value is -2.82. The third-order valence-corrected chi connectivity index (χ3v) is 6.84. The average molecular weight is 425 g/mol. The van der Waals surface area contributed by atoms with E-state index in [0.29, 0.717) is 26.6 Å². The van der Waals surface area contributed by atoms with Gasteiger partial charge in [0.1, 0.15) is 16.0 Å². The summed E-state index contributed by atoms with van der Waals surface area (Å²) in [6.07, 6.45) is 3.38. The summed E-state index contributed by atoms with van der Waals surface area (Å²) >= 11 is 1.20. The second-order valence-electron chi connectivity index (χ2n) is 6.79. The molecule has 7 heteroatoms. The molecule has 0 saturated carbocycles. The fourth-order valence-electron chi connectivity index (χ4n) is 3.30. The van der Waals surface area contributed by atoms with Crippen molar-refractivity contribution in [3.63, 3.8) is 0 Å². The molecule has 0 fully saturated rings. The van der Waals surface area contributed by atoms with Crippen molar-refractivity contribution in [1.82, 2.24) is 0 Å². The molecule has 0 N–H and O–H groups in total. The van der Waals surface area contributed by atoms with Gasteiger partial charge in [-0.2, -0.15) is 13.7 Å². The quantitative estimate of drug-likeness (QED) is 0.499. The van der Waals surface area contributed by atoms with Crippen LogP contribution in [-0.4, -0.2) is 13.5 Å². The highest BCUT2D eigenvalue weighted by Gasteiger charge is 2.23. The predicted molar refractivity (Wildman–Crippen MR) is 117 cm³/mol. The highest BCUT2D eigenvalue weighted by atomic mass is 32.2. The van der Waals surface area contributed by atoms with Gasteiger partial charge >= 0.3 is 10.1 Å². The SMILES string of the molecule is Cc1cc(C)c(S(=O)(=O)O/N=C2C=C/C(=C(\C#N)c3ccccc3C)S/2)c(C)c1. The number of thioether (sulfide) groups is 1. The normalized spacial score (nSPS) is 16.7. The first-order valence-electron chi connectivity index (χ1n) is 8.88. The summed E-state index contributed by atoms with van der Waals surface area (Å²) in [5.41, 5.74) is 4.55. The first-order valence-corrected chi connectivity index (χ1v) is 11.1. The summed E-state index contributed by atoms with van der Waals surface area (Å²) in [4.78, 5) is 0.831. The van der Waals surface area contributed by atoms with Crippen LogP contribution in [0.15, 0.2) is 63.5 Å². The monoisotopic (exact) mass is 424 g/mol. The van der Waals surface area contributed by atoms with Crippen LogP contribution in [0.5, 0.6) is 0 Å². The first kappa shape index (κ1) is 20.9. The molecule has 0 unspecified atom stereocenters. The molecule has 2 aromatic carbocycles. The van der Waals surface area contributed by atoms with Crippen LogP contribution in [0.3, 0.4) is 0 Å². The lowest BCUT2D eigenvalue weighted by Gasteiger charge is -2.10. The van der Waals surface area contributed by atoms with E-state index in [1.54, 1.807) is 38.1 Å². The Bertz CT molecular complexity index is 1190. The standard InChI is InChI=1S/C22H20N2O3S2/c1-14-11-16(3)22(17(4)12-14)29(25,26)27-24-21-10-9-20(28-21)19(13-23)18-8-6-5-7-15(18)2/h5-12H,1-4H3/b20-19-,24-21-. The molecule has 1 aliphatic heterocycles. The highest BCUT2D eigenvalue weighted by molar-refractivity contribution is 8.18. The highest BCUT2D eigenvalue weighted by Crippen LogP contribution is 2.35. The van der Waals surface area contributed by atoms with Gasteiger partial charge in [-0.1, -0.05) is 58.9 Å². The van der Waals surface area contributed by atoms with Gasteiger partial charge in [-0.05, 0) is 62.1 Å². The molecule has 0 radical (unpaired) electrons. The topological polar surface area (TPSA) is 79.5 Å². The minimum absolute atomic E-state index is 0.132. The molecule has 0 bridgehead atoms. The van der Waals surface area contributed by atoms with Crippen LogP contribution in [0.1, 0.15) is 27.8 Å². The second-order valence-corrected chi connectivity index (χ2v) is 9.32. The van der Waals surface area contributed by atoms with E-state index in [9.17, 15) is 13.7 Å². The van der Waals surface area contributed by atoms with Crippen molar-refractivity contribution >= 4 is 32.5 Å².